The summed E-state index contributed by atoms with van der Waals surface area (Å²) >= 11 is 0. The fraction of sp³-hybridized carbons (Fsp3) is 0.278. The molecule has 0 unspecified atom stereocenters. The van der Waals surface area contributed by atoms with Crippen LogP contribution in [0.25, 0.3) is 11.0 Å². The maximum atomic E-state index is 12.8. The minimum Gasteiger partial charge on any atom is -0.465 e. The van der Waals surface area contributed by atoms with E-state index in [1.165, 1.54) is 19.4 Å². The van der Waals surface area contributed by atoms with Crippen LogP contribution >= 0.6 is 0 Å². The van der Waals surface area contributed by atoms with Gasteiger partial charge in [0.25, 0.3) is 5.91 Å². The number of nitrogens with one attached hydrogen (secondary N) is 1. The lowest BCUT2D eigenvalue weighted by molar-refractivity contribution is 0.0599. The van der Waals surface area contributed by atoms with Crippen LogP contribution in [-0.4, -0.2) is 40.4 Å². The minimum atomic E-state index is -0.530. The van der Waals surface area contributed by atoms with Crippen LogP contribution in [0.1, 0.15) is 45.6 Å². The first-order valence-corrected chi connectivity index (χ1v) is 8.10. The number of amides is 1. The van der Waals surface area contributed by atoms with E-state index >= 15 is 0 Å². The van der Waals surface area contributed by atoms with Crippen LogP contribution in [0, 0.1) is 0 Å². The molecule has 25 heavy (non-hydrogen) atoms. The number of carbonyl (C=O) groups is 2. The number of methoxy groups -OCH3 is 1. The van der Waals surface area contributed by atoms with Crippen LogP contribution in [0.2, 0.25) is 0 Å². The van der Waals surface area contributed by atoms with Gasteiger partial charge in [-0.1, -0.05) is 12.1 Å². The molecule has 1 aliphatic rings. The van der Waals surface area contributed by atoms with Crippen LogP contribution in [-0.2, 0) is 4.74 Å². The number of H-pyrrole nitrogens is 1. The van der Waals surface area contributed by atoms with E-state index in [0.717, 1.165) is 29.7 Å². The predicted octanol–water partition coefficient (Wildman–Crippen LogP) is 2.92. The number of para-hydroxylation sites is 2. The van der Waals surface area contributed by atoms with E-state index < -0.39 is 5.97 Å². The highest BCUT2D eigenvalue weighted by molar-refractivity contribution is 5.96. The smallest absolute Gasteiger partial charge is 0.341 e. The summed E-state index contributed by atoms with van der Waals surface area (Å²) in [4.78, 5) is 34.0. The summed E-state index contributed by atoms with van der Waals surface area (Å²) < 4.78 is 9.92. The molecule has 0 bridgehead atoms. The lowest BCUT2D eigenvalue weighted by Crippen LogP contribution is -2.30. The molecule has 1 fully saturated rings. The number of aromatic nitrogens is 2. The van der Waals surface area contributed by atoms with Gasteiger partial charge in [-0.3, -0.25) is 4.79 Å². The summed E-state index contributed by atoms with van der Waals surface area (Å²) in [5.74, 6) is 0.117. The zero-order valence-corrected chi connectivity index (χ0v) is 13.7. The van der Waals surface area contributed by atoms with Crippen molar-refractivity contribution < 1.29 is 18.7 Å². The van der Waals surface area contributed by atoms with Crippen LogP contribution in [0.4, 0.5) is 0 Å². The standard InChI is InChI=1S/C18H17N3O4/c1-24-18(23)11-9-15(25-10-11)17(22)21-8-4-7-14(21)16-19-12-5-2-3-6-13(12)20-16/h2-3,5-6,9-10,14H,4,7-8H2,1H3,(H,19,20)/t14-/m0/s1. The number of carbonyl (C=O) groups excluding carboxylic acids is 2. The Labute approximate surface area is 143 Å². The number of esters is 1. The zero-order valence-electron chi connectivity index (χ0n) is 13.7. The van der Waals surface area contributed by atoms with E-state index in [9.17, 15) is 9.59 Å². The molecular weight excluding hydrogens is 322 g/mol. The van der Waals surface area contributed by atoms with Crippen LogP contribution in [0.15, 0.2) is 41.0 Å². The molecule has 1 saturated heterocycles. The summed E-state index contributed by atoms with van der Waals surface area (Å²) in [5, 5.41) is 0. The normalized spacial score (nSPS) is 17.2. The van der Waals surface area contributed by atoms with Crippen molar-refractivity contribution in [3.8, 4) is 0 Å². The van der Waals surface area contributed by atoms with E-state index in [1.54, 1.807) is 4.90 Å². The molecule has 0 spiro atoms. The zero-order chi connectivity index (χ0) is 17.4. The van der Waals surface area contributed by atoms with Crippen molar-refractivity contribution in [3.05, 3.63) is 53.7 Å². The van der Waals surface area contributed by atoms with Gasteiger partial charge in [-0.05, 0) is 25.0 Å². The van der Waals surface area contributed by atoms with Gasteiger partial charge < -0.3 is 19.0 Å². The number of benzene rings is 1. The Bertz CT molecular complexity index is 910. The van der Waals surface area contributed by atoms with Gasteiger partial charge in [0.05, 0.1) is 29.7 Å². The van der Waals surface area contributed by atoms with Crippen LogP contribution < -0.4 is 0 Å². The van der Waals surface area contributed by atoms with Crippen molar-refractivity contribution in [2.45, 2.75) is 18.9 Å². The summed E-state index contributed by atoms with van der Waals surface area (Å²) in [6.07, 6.45) is 2.96. The molecule has 1 N–H and O–H groups in total. The quantitative estimate of drug-likeness (QED) is 0.741. The Hall–Kier alpha value is -3.09. The number of imidazole rings is 1. The third kappa shape index (κ3) is 2.67. The van der Waals surface area contributed by atoms with E-state index in [1.807, 2.05) is 24.3 Å². The van der Waals surface area contributed by atoms with Crippen LogP contribution in [0.5, 0.6) is 0 Å². The highest BCUT2D eigenvalue weighted by atomic mass is 16.5. The van der Waals surface area contributed by atoms with Crippen LogP contribution in [0.3, 0.4) is 0 Å². The number of rotatable bonds is 3. The van der Waals surface area contributed by atoms with Crippen molar-refractivity contribution in [2.24, 2.45) is 0 Å². The number of furan rings is 1. The molecule has 4 rings (SSSR count). The summed E-state index contributed by atoms with van der Waals surface area (Å²) in [6, 6.07) is 9.06. The third-order valence-corrected chi connectivity index (χ3v) is 4.47. The van der Waals surface area contributed by atoms with Gasteiger partial charge >= 0.3 is 5.97 Å². The lowest BCUT2D eigenvalue weighted by Gasteiger charge is -2.21. The van der Waals surface area contributed by atoms with E-state index in [0.29, 0.717) is 6.54 Å². The van der Waals surface area contributed by atoms with Crippen molar-refractivity contribution in [2.75, 3.05) is 13.7 Å². The van der Waals surface area contributed by atoms with Crippen molar-refractivity contribution in [3.63, 3.8) is 0 Å². The van der Waals surface area contributed by atoms with Gasteiger partial charge in [0, 0.05) is 12.6 Å². The second kappa shape index (κ2) is 6.08. The fourth-order valence-corrected chi connectivity index (χ4v) is 3.24. The first kappa shape index (κ1) is 15.4. The number of fused-ring (bicyclic) bond motifs is 1. The second-order valence-electron chi connectivity index (χ2n) is 5.99. The molecule has 0 aliphatic carbocycles. The third-order valence-electron chi connectivity index (χ3n) is 4.47. The maximum absolute atomic E-state index is 12.8. The molecule has 3 aromatic rings. The number of hydrogen-bond donors (Lipinski definition) is 1. The Balaban J connectivity index is 1.61. The van der Waals surface area contributed by atoms with Crippen molar-refractivity contribution in [1.82, 2.24) is 14.9 Å². The van der Waals surface area contributed by atoms with E-state index in [4.69, 9.17) is 4.42 Å². The summed E-state index contributed by atoms with van der Waals surface area (Å²) in [7, 11) is 1.29. The van der Waals surface area contributed by atoms with Gasteiger partial charge in [-0.25, -0.2) is 9.78 Å². The number of aromatic amines is 1. The molecule has 1 amide bonds. The molecule has 2 aromatic heterocycles. The predicted molar refractivity (Wildman–Crippen MR) is 89.2 cm³/mol. The highest BCUT2D eigenvalue weighted by Crippen LogP contribution is 2.32. The Morgan fingerprint density at radius 3 is 3.00 bits per heavy atom. The molecule has 7 heteroatoms. The molecular formula is C18H17N3O4. The molecule has 3 heterocycles. The van der Waals surface area contributed by atoms with E-state index in [-0.39, 0.29) is 23.3 Å². The Morgan fingerprint density at radius 1 is 1.36 bits per heavy atom. The Morgan fingerprint density at radius 2 is 2.20 bits per heavy atom. The molecule has 0 radical (unpaired) electrons. The SMILES string of the molecule is COC(=O)c1coc(C(=O)N2CCC[C@H]2c2nc3ccccc3[nH]2)c1. The Kier molecular flexibility index (Phi) is 3.76. The largest absolute Gasteiger partial charge is 0.465 e. The van der Waals surface area contributed by atoms with Gasteiger partial charge in [-0.2, -0.15) is 0 Å². The number of nitrogens with zero attached hydrogens (tertiary/aromatic N) is 2. The lowest BCUT2D eigenvalue weighted by atomic mass is 10.2. The van der Waals surface area contributed by atoms with E-state index in [2.05, 4.69) is 14.7 Å². The minimum absolute atomic E-state index is 0.128. The van der Waals surface area contributed by atoms with Gasteiger partial charge in [0.15, 0.2) is 5.76 Å². The highest BCUT2D eigenvalue weighted by Gasteiger charge is 2.34. The molecule has 7 nitrogen and oxygen atoms in total. The fourth-order valence-electron chi connectivity index (χ4n) is 3.24. The van der Waals surface area contributed by atoms with Gasteiger partial charge in [0.2, 0.25) is 0 Å². The van der Waals surface area contributed by atoms with Gasteiger partial charge in [0.1, 0.15) is 12.1 Å². The van der Waals surface area contributed by atoms with Crippen molar-refractivity contribution >= 4 is 22.9 Å². The average molecular weight is 339 g/mol. The topological polar surface area (TPSA) is 88.4 Å². The second-order valence-corrected chi connectivity index (χ2v) is 5.99. The number of likely N-dealkylation sites (tertiary alicyclic amines) is 1. The maximum Gasteiger partial charge on any atom is 0.341 e. The first-order chi connectivity index (χ1) is 12.2. The number of ether oxygens (including phenoxy) is 1. The summed E-state index contributed by atoms with van der Waals surface area (Å²) in [5.41, 5.74) is 2.05. The van der Waals surface area contributed by atoms with Crippen molar-refractivity contribution in [1.29, 1.82) is 0 Å². The average Bonchev–Trinajstić information content (AvgIpc) is 3.38. The van der Waals surface area contributed by atoms with Gasteiger partial charge in [-0.15, -0.1) is 0 Å². The summed E-state index contributed by atoms with van der Waals surface area (Å²) in [6.45, 7) is 0.620. The molecule has 1 aromatic carbocycles. The molecule has 1 aliphatic heterocycles. The first-order valence-electron chi connectivity index (χ1n) is 8.10. The molecule has 1 atom stereocenters. The monoisotopic (exact) mass is 339 g/mol. The molecule has 0 saturated carbocycles. The molecule has 128 valence electrons. The number of hydrogen-bond acceptors (Lipinski definition) is 5.